The van der Waals surface area contributed by atoms with Gasteiger partial charge in [-0.15, -0.1) is 0 Å². The smallest absolute Gasteiger partial charge is 0.137 e. The summed E-state index contributed by atoms with van der Waals surface area (Å²) >= 11 is 0. The van der Waals surface area contributed by atoms with Gasteiger partial charge in [-0.2, -0.15) is 0 Å². The molecule has 1 aliphatic heterocycles. The first kappa shape index (κ1) is 10.9. The van der Waals surface area contributed by atoms with Gasteiger partial charge in [0.05, 0.1) is 0 Å². The van der Waals surface area contributed by atoms with Gasteiger partial charge in [0.1, 0.15) is 5.82 Å². The largest absolute Gasteiger partial charge is 0.346 e. The summed E-state index contributed by atoms with van der Waals surface area (Å²) in [5.41, 5.74) is 3.71. The van der Waals surface area contributed by atoms with Gasteiger partial charge in [-0.1, -0.05) is 18.7 Å². The van der Waals surface area contributed by atoms with Crippen molar-refractivity contribution in [2.75, 3.05) is 13.1 Å². The van der Waals surface area contributed by atoms with E-state index in [-0.39, 0.29) is 0 Å². The van der Waals surface area contributed by atoms with Gasteiger partial charge in [-0.3, -0.25) is 0 Å². The average Bonchev–Trinajstić information content (AvgIpc) is 2.73. The Morgan fingerprint density at radius 2 is 2.38 bits per heavy atom. The second-order valence-corrected chi connectivity index (χ2v) is 3.74. The van der Waals surface area contributed by atoms with Crippen molar-refractivity contribution in [3.8, 4) is 0 Å². The molecule has 0 fully saturated rings. The Labute approximate surface area is 96.0 Å². The third kappa shape index (κ3) is 1.99. The molecule has 0 atom stereocenters. The monoisotopic (exact) mass is 215 g/mol. The number of hydrogen-bond donors (Lipinski definition) is 2. The first-order valence-corrected chi connectivity index (χ1v) is 5.59. The third-order valence-corrected chi connectivity index (χ3v) is 2.77. The molecule has 2 N–H and O–H groups in total. The summed E-state index contributed by atoms with van der Waals surface area (Å²) in [4.78, 5) is 7.49. The molecule has 1 aromatic heterocycles. The van der Waals surface area contributed by atoms with Crippen molar-refractivity contribution in [3.05, 3.63) is 30.0 Å². The Balaban J connectivity index is 2.40. The van der Waals surface area contributed by atoms with Crippen molar-refractivity contribution in [1.82, 2.24) is 10.3 Å². The number of aromatic nitrogens is 1. The van der Waals surface area contributed by atoms with Crippen LogP contribution in [0, 0.1) is 0 Å². The molecular formula is C13H17N3. The Morgan fingerprint density at radius 1 is 1.50 bits per heavy atom. The highest BCUT2D eigenvalue weighted by molar-refractivity contribution is 5.80. The lowest BCUT2D eigenvalue weighted by molar-refractivity contribution is 0.738. The first-order chi connectivity index (χ1) is 7.86. The topological polar surface area (TPSA) is 40.2 Å². The Bertz CT molecular complexity index is 438. The van der Waals surface area contributed by atoms with Crippen LogP contribution in [-0.2, 0) is 0 Å². The quantitative estimate of drug-likeness (QED) is 0.748. The van der Waals surface area contributed by atoms with E-state index in [1.54, 1.807) is 6.21 Å². The van der Waals surface area contributed by atoms with E-state index in [1.807, 2.05) is 19.2 Å². The minimum Gasteiger partial charge on any atom is -0.346 e. The minimum absolute atomic E-state index is 0.895. The van der Waals surface area contributed by atoms with Gasteiger partial charge in [-0.25, -0.2) is 4.99 Å². The molecule has 2 heterocycles. The standard InChI is InChI=1S/C13H17N3/c1-3-11-12(9-16-13(11)15-4-2)10-5-7-14-8-6-10/h3-5,9,14,16H,1,6-8H2,2H3/b15-4+. The van der Waals surface area contributed by atoms with Crippen LogP contribution in [0.5, 0.6) is 0 Å². The molecule has 0 saturated heterocycles. The molecule has 1 aromatic rings. The fourth-order valence-electron chi connectivity index (χ4n) is 2.00. The number of hydrogen-bond acceptors (Lipinski definition) is 2. The van der Waals surface area contributed by atoms with Gasteiger partial charge in [-0.05, 0) is 25.5 Å². The molecule has 0 aliphatic carbocycles. The van der Waals surface area contributed by atoms with Crippen LogP contribution < -0.4 is 5.32 Å². The van der Waals surface area contributed by atoms with Crippen LogP contribution in [-0.4, -0.2) is 24.3 Å². The molecule has 3 nitrogen and oxygen atoms in total. The Hall–Kier alpha value is -1.61. The highest BCUT2D eigenvalue weighted by Gasteiger charge is 2.12. The maximum Gasteiger partial charge on any atom is 0.137 e. The van der Waals surface area contributed by atoms with Crippen LogP contribution in [0.2, 0.25) is 0 Å². The summed E-state index contributed by atoms with van der Waals surface area (Å²) in [6.07, 6.45) is 8.99. The van der Waals surface area contributed by atoms with Crippen molar-refractivity contribution in [2.24, 2.45) is 4.99 Å². The molecule has 1 aliphatic rings. The summed E-state index contributed by atoms with van der Waals surface area (Å²) in [5.74, 6) is 0.895. The van der Waals surface area contributed by atoms with E-state index in [1.165, 1.54) is 11.1 Å². The first-order valence-electron chi connectivity index (χ1n) is 5.59. The lowest BCUT2D eigenvalue weighted by Crippen LogP contribution is -2.20. The maximum absolute atomic E-state index is 4.30. The number of nitrogens with one attached hydrogen (secondary N) is 2. The van der Waals surface area contributed by atoms with E-state index in [4.69, 9.17) is 0 Å². The van der Waals surface area contributed by atoms with Crippen molar-refractivity contribution in [3.63, 3.8) is 0 Å². The van der Waals surface area contributed by atoms with Gasteiger partial charge in [0.25, 0.3) is 0 Å². The van der Waals surface area contributed by atoms with E-state index in [0.29, 0.717) is 0 Å². The summed E-state index contributed by atoms with van der Waals surface area (Å²) in [5, 5.41) is 3.31. The fraction of sp³-hybridized carbons (Fsp3) is 0.308. The average molecular weight is 215 g/mol. The van der Waals surface area contributed by atoms with E-state index < -0.39 is 0 Å². The van der Waals surface area contributed by atoms with E-state index in [0.717, 1.165) is 30.9 Å². The molecular weight excluding hydrogens is 198 g/mol. The SMILES string of the molecule is C=Cc1c(C2=CCNCC2)c[nH]c1/N=C/C. The molecule has 0 spiro atoms. The normalized spacial score (nSPS) is 16.4. The second kappa shape index (κ2) is 4.94. The van der Waals surface area contributed by atoms with Crippen molar-refractivity contribution < 1.29 is 0 Å². The lowest BCUT2D eigenvalue weighted by atomic mass is 9.99. The third-order valence-electron chi connectivity index (χ3n) is 2.77. The zero-order chi connectivity index (χ0) is 11.4. The van der Waals surface area contributed by atoms with Crippen LogP contribution in [0.25, 0.3) is 11.6 Å². The molecule has 84 valence electrons. The fourth-order valence-corrected chi connectivity index (χ4v) is 2.00. The maximum atomic E-state index is 4.30. The van der Waals surface area contributed by atoms with Crippen molar-refractivity contribution in [2.45, 2.75) is 13.3 Å². The van der Waals surface area contributed by atoms with Crippen LogP contribution in [0.15, 0.2) is 23.8 Å². The molecule has 0 aromatic carbocycles. The number of H-pyrrole nitrogens is 1. The van der Waals surface area contributed by atoms with Crippen LogP contribution in [0.1, 0.15) is 24.5 Å². The predicted octanol–water partition coefficient (Wildman–Crippen LogP) is 2.76. The molecule has 0 unspecified atom stereocenters. The highest BCUT2D eigenvalue weighted by atomic mass is 14.9. The molecule has 16 heavy (non-hydrogen) atoms. The van der Waals surface area contributed by atoms with E-state index in [2.05, 4.69) is 27.9 Å². The van der Waals surface area contributed by atoms with Crippen LogP contribution in [0.3, 0.4) is 0 Å². The Morgan fingerprint density at radius 3 is 3.00 bits per heavy atom. The second-order valence-electron chi connectivity index (χ2n) is 3.74. The van der Waals surface area contributed by atoms with Gasteiger partial charge >= 0.3 is 0 Å². The zero-order valence-electron chi connectivity index (χ0n) is 9.59. The highest BCUT2D eigenvalue weighted by Crippen LogP contribution is 2.30. The van der Waals surface area contributed by atoms with Gasteiger partial charge < -0.3 is 10.3 Å². The molecule has 0 bridgehead atoms. The number of aromatic amines is 1. The summed E-state index contributed by atoms with van der Waals surface area (Å²) in [6, 6.07) is 0. The summed E-state index contributed by atoms with van der Waals surface area (Å²) < 4.78 is 0. The Kier molecular flexibility index (Phi) is 3.37. The number of rotatable bonds is 3. The molecule has 0 amide bonds. The van der Waals surface area contributed by atoms with Crippen LogP contribution in [0.4, 0.5) is 5.82 Å². The molecule has 0 saturated carbocycles. The molecule has 2 rings (SSSR count). The minimum atomic E-state index is 0.895. The summed E-state index contributed by atoms with van der Waals surface area (Å²) in [7, 11) is 0. The van der Waals surface area contributed by atoms with Crippen LogP contribution >= 0.6 is 0 Å². The lowest BCUT2D eigenvalue weighted by Gasteiger charge is -2.13. The van der Waals surface area contributed by atoms with E-state index in [9.17, 15) is 0 Å². The van der Waals surface area contributed by atoms with Gasteiger partial charge in [0, 0.05) is 30.1 Å². The van der Waals surface area contributed by atoms with Gasteiger partial charge in [0.2, 0.25) is 0 Å². The van der Waals surface area contributed by atoms with Crippen molar-refractivity contribution >= 4 is 23.7 Å². The van der Waals surface area contributed by atoms with Crippen molar-refractivity contribution in [1.29, 1.82) is 0 Å². The molecule has 3 heteroatoms. The zero-order valence-corrected chi connectivity index (χ0v) is 9.59. The van der Waals surface area contributed by atoms with Gasteiger partial charge in [0.15, 0.2) is 0 Å². The van der Waals surface area contributed by atoms with E-state index >= 15 is 0 Å². The number of nitrogens with zero attached hydrogens (tertiary/aromatic N) is 1. The number of aliphatic imine (C=N–C) groups is 1. The molecule has 0 radical (unpaired) electrons. The summed E-state index contributed by atoms with van der Waals surface area (Å²) in [6.45, 7) is 7.77. The predicted molar refractivity (Wildman–Crippen MR) is 70.2 cm³/mol.